The van der Waals surface area contributed by atoms with Crippen molar-refractivity contribution in [2.24, 2.45) is 0 Å². The number of para-hydroxylation sites is 1. The summed E-state index contributed by atoms with van der Waals surface area (Å²) in [6, 6.07) is 8.54. The van der Waals surface area contributed by atoms with Crippen LogP contribution in [0.4, 0.5) is 4.79 Å². The molecule has 22 heavy (non-hydrogen) atoms. The summed E-state index contributed by atoms with van der Waals surface area (Å²) in [5.74, 6) is 0. The summed E-state index contributed by atoms with van der Waals surface area (Å²) in [6.07, 6.45) is 0.0775. The average Bonchev–Trinajstić information content (AvgIpc) is 2.42. The monoisotopic (exact) mass is 300 g/mol. The summed E-state index contributed by atoms with van der Waals surface area (Å²) >= 11 is 0. The van der Waals surface area contributed by atoms with Crippen molar-refractivity contribution in [3.8, 4) is 0 Å². The molecule has 2 rings (SSSR count). The molecule has 0 saturated carbocycles. The Morgan fingerprint density at radius 3 is 2.64 bits per heavy atom. The Bertz CT molecular complexity index is 705. The summed E-state index contributed by atoms with van der Waals surface area (Å²) in [4.78, 5) is 27.8. The SMILES string of the molecule is Cc1cc(C(C=O)NC(=O)OC(C)(C)C)c2ccccc2n1. The van der Waals surface area contributed by atoms with Crippen molar-refractivity contribution in [2.45, 2.75) is 39.3 Å². The molecule has 2 aromatic rings. The lowest BCUT2D eigenvalue weighted by Gasteiger charge is -2.22. The van der Waals surface area contributed by atoms with Gasteiger partial charge in [0.1, 0.15) is 17.9 Å². The number of benzene rings is 1. The molecule has 1 atom stereocenters. The molecule has 1 amide bonds. The number of hydrogen-bond donors (Lipinski definition) is 1. The highest BCUT2D eigenvalue weighted by atomic mass is 16.6. The predicted molar refractivity (Wildman–Crippen MR) is 84.7 cm³/mol. The first kappa shape index (κ1) is 15.9. The van der Waals surface area contributed by atoms with Crippen LogP contribution >= 0.6 is 0 Å². The van der Waals surface area contributed by atoms with Crippen molar-refractivity contribution >= 4 is 23.3 Å². The molecule has 1 aromatic carbocycles. The summed E-state index contributed by atoms with van der Waals surface area (Å²) in [6.45, 7) is 7.17. The van der Waals surface area contributed by atoms with Crippen molar-refractivity contribution < 1.29 is 14.3 Å². The first-order valence-electron chi connectivity index (χ1n) is 7.11. The molecule has 1 aromatic heterocycles. The molecule has 0 radical (unpaired) electrons. The highest BCUT2D eigenvalue weighted by molar-refractivity contribution is 5.87. The average molecular weight is 300 g/mol. The number of nitrogens with one attached hydrogen (secondary N) is 1. The summed E-state index contributed by atoms with van der Waals surface area (Å²) < 4.78 is 5.21. The smallest absolute Gasteiger partial charge is 0.408 e. The third kappa shape index (κ3) is 3.81. The number of alkyl carbamates (subject to hydrolysis) is 1. The van der Waals surface area contributed by atoms with Crippen LogP contribution < -0.4 is 5.32 Å². The Hall–Kier alpha value is -2.43. The van der Waals surface area contributed by atoms with Crippen molar-refractivity contribution in [3.05, 3.63) is 41.6 Å². The first-order chi connectivity index (χ1) is 10.3. The third-order valence-electron chi connectivity index (χ3n) is 3.02. The Morgan fingerprint density at radius 1 is 1.32 bits per heavy atom. The zero-order valence-corrected chi connectivity index (χ0v) is 13.2. The lowest BCUT2D eigenvalue weighted by atomic mass is 10.0. The van der Waals surface area contributed by atoms with E-state index < -0.39 is 17.7 Å². The van der Waals surface area contributed by atoms with Gasteiger partial charge in [0.05, 0.1) is 5.52 Å². The fourth-order valence-electron chi connectivity index (χ4n) is 2.22. The summed E-state index contributed by atoms with van der Waals surface area (Å²) in [7, 11) is 0. The Balaban J connectivity index is 2.35. The molecule has 5 nitrogen and oxygen atoms in total. The van der Waals surface area contributed by atoms with Gasteiger partial charge in [0.25, 0.3) is 0 Å². The number of pyridine rings is 1. The van der Waals surface area contributed by atoms with Gasteiger partial charge >= 0.3 is 6.09 Å². The molecule has 0 saturated heterocycles. The van der Waals surface area contributed by atoms with Gasteiger partial charge in [0, 0.05) is 11.1 Å². The van der Waals surface area contributed by atoms with Gasteiger partial charge in [-0.2, -0.15) is 0 Å². The topological polar surface area (TPSA) is 68.3 Å². The molecule has 0 fully saturated rings. The minimum Gasteiger partial charge on any atom is -0.444 e. The van der Waals surface area contributed by atoms with E-state index in [0.29, 0.717) is 11.8 Å². The molecule has 1 N–H and O–H groups in total. The van der Waals surface area contributed by atoms with E-state index in [1.54, 1.807) is 26.8 Å². The van der Waals surface area contributed by atoms with E-state index in [0.717, 1.165) is 16.6 Å². The standard InChI is InChI=1S/C17H20N2O3/c1-11-9-13(12-7-5-6-8-14(12)18-11)15(10-20)19-16(21)22-17(2,3)4/h5-10,15H,1-4H3,(H,19,21). The normalized spacial score (nSPS) is 12.7. The summed E-state index contributed by atoms with van der Waals surface area (Å²) in [5, 5.41) is 3.44. The fourth-order valence-corrected chi connectivity index (χ4v) is 2.22. The molecule has 0 aliphatic heterocycles. The van der Waals surface area contributed by atoms with Gasteiger partial charge < -0.3 is 14.8 Å². The second kappa shape index (κ2) is 6.13. The number of amides is 1. The van der Waals surface area contributed by atoms with E-state index in [1.165, 1.54) is 0 Å². The molecular weight excluding hydrogens is 280 g/mol. The number of aromatic nitrogens is 1. The maximum atomic E-state index is 11.9. The Kier molecular flexibility index (Phi) is 4.45. The number of aryl methyl sites for hydroxylation is 1. The van der Waals surface area contributed by atoms with Gasteiger partial charge in [0.15, 0.2) is 0 Å². The molecule has 0 bridgehead atoms. The molecule has 5 heteroatoms. The van der Waals surface area contributed by atoms with Crippen LogP contribution in [-0.4, -0.2) is 23.0 Å². The quantitative estimate of drug-likeness (QED) is 0.883. The lowest BCUT2D eigenvalue weighted by Crippen LogP contribution is -2.35. The van der Waals surface area contributed by atoms with E-state index in [4.69, 9.17) is 4.74 Å². The maximum absolute atomic E-state index is 11.9. The largest absolute Gasteiger partial charge is 0.444 e. The number of hydrogen-bond acceptors (Lipinski definition) is 4. The summed E-state index contributed by atoms with van der Waals surface area (Å²) in [5.41, 5.74) is 1.67. The molecule has 0 aliphatic rings. The Labute approximate surface area is 129 Å². The van der Waals surface area contributed by atoms with E-state index in [1.807, 2.05) is 31.2 Å². The van der Waals surface area contributed by atoms with Gasteiger partial charge in [-0.25, -0.2) is 4.79 Å². The van der Waals surface area contributed by atoms with Crippen LogP contribution in [0, 0.1) is 6.92 Å². The Morgan fingerprint density at radius 2 is 2.00 bits per heavy atom. The highest BCUT2D eigenvalue weighted by Crippen LogP contribution is 2.23. The van der Waals surface area contributed by atoms with Crippen molar-refractivity contribution in [1.82, 2.24) is 10.3 Å². The van der Waals surface area contributed by atoms with Gasteiger partial charge in [0.2, 0.25) is 0 Å². The second-order valence-electron chi connectivity index (χ2n) is 6.13. The van der Waals surface area contributed by atoms with Gasteiger partial charge in [-0.3, -0.25) is 4.98 Å². The molecule has 1 heterocycles. The van der Waals surface area contributed by atoms with Gasteiger partial charge in [-0.05, 0) is 45.4 Å². The zero-order chi connectivity index (χ0) is 16.3. The number of aldehydes is 1. The first-order valence-corrected chi connectivity index (χ1v) is 7.11. The maximum Gasteiger partial charge on any atom is 0.408 e. The van der Waals surface area contributed by atoms with Crippen LogP contribution in [-0.2, 0) is 9.53 Å². The fraction of sp³-hybridized carbons (Fsp3) is 0.353. The molecule has 116 valence electrons. The number of nitrogens with zero attached hydrogens (tertiary/aromatic N) is 1. The van der Waals surface area contributed by atoms with Crippen LogP contribution in [0.25, 0.3) is 10.9 Å². The van der Waals surface area contributed by atoms with E-state index in [2.05, 4.69) is 10.3 Å². The van der Waals surface area contributed by atoms with Crippen LogP contribution in [0.1, 0.15) is 38.1 Å². The molecular formula is C17H20N2O3. The van der Waals surface area contributed by atoms with Crippen LogP contribution in [0.5, 0.6) is 0 Å². The highest BCUT2D eigenvalue weighted by Gasteiger charge is 2.21. The number of carbonyl (C=O) groups excluding carboxylic acids is 2. The van der Waals surface area contributed by atoms with Crippen LogP contribution in [0.2, 0.25) is 0 Å². The van der Waals surface area contributed by atoms with Crippen LogP contribution in [0.15, 0.2) is 30.3 Å². The van der Waals surface area contributed by atoms with Crippen molar-refractivity contribution in [2.75, 3.05) is 0 Å². The molecule has 1 unspecified atom stereocenters. The number of ether oxygens (including phenoxy) is 1. The van der Waals surface area contributed by atoms with Crippen LogP contribution in [0.3, 0.4) is 0 Å². The van der Waals surface area contributed by atoms with Crippen molar-refractivity contribution in [3.63, 3.8) is 0 Å². The minimum absolute atomic E-state index is 0.617. The molecule has 0 spiro atoms. The van der Waals surface area contributed by atoms with Gasteiger partial charge in [-0.15, -0.1) is 0 Å². The number of fused-ring (bicyclic) bond motifs is 1. The zero-order valence-electron chi connectivity index (χ0n) is 13.2. The number of rotatable bonds is 3. The van der Waals surface area contributed by atoms with Crippen molar-refractivity contribution in [1.29, 1.82) is 0 Å². The predicted octanol–water partition coefficient (Wildman–Crippen LogP) is 3.31. The molecule has 0 aliphatic carbocycles. The lowest BCUT2D eigenvalue weighted by molar-refractivity contribution is -0.109. The second-order valence-corrected chi connectivity index (χ2v) is 6.13. The number of carbonyl (C=O) groups is 2. The minimum atomic E-state index is -0.776. The van der Waals surface area contributed by atoms with E-state index >= 15 is 0 Å². The van der Waals surface area contributed by atoms with E-state index in [-0.39, 0.29) is 0 Å². The third-order valence-corrected chi connectivity index (χ3v) is 3.02. The van der Waals surface area contributed by atoms with Gasteiger partial charge in [-0.1, -0.05) is 18.2 Å². The van der Waals surface area contributed by atoms with E-state index in [9.17, 15) is 9.59 Å².